The van der Waals surface area contributed by atoms with Gasteiger partial charge in [-0.05, 0) is 19.4 Å². The van der Waals surface area contributed by atoms with E-state index in [-0.39, 0.29) is 11.7 Å². The molecule has 4 nitrogen and oxygen atoms in total. The Kier molecular flexibility index (Phi) is 3.83. The van der Waals surface area contributed by atoms with Crippen molar-refractivity contribution in [1.82, 2.24) is 9.97 Å². The van der Waals surface area contributed by atoms with Gasteiger partial charge in [0.2, 0.25) is 0 Å². The molecule has 0 fully saturated rings. The maximum absolute atomic E-state index is 9.48. The Labute approximate surface area is 84.2 Å². The molecule has 0 amide bonds. The Bertz CT molecular complexity index is 299. The van der Waals surface area contributed by atoms with Gasteiger partial charge >= 0.3 is 0 Å². The highest BCUT2D eigenvalue weighted by atomic mass is 16.3. The number of aromatic nitrogens is 2. The predicted molar refractivity (Wildman–Crippen MR) is 55.2 cm³/mol. The first-order valence-electron chi connectivity index (χ1n) is 4.90. The van der Waals surface area contributed by atoms with Gasteiger partial charge in [-0.3, -0.25) is 0 Å². The minimum Gasteiger partial charge on any atom is -0.504 e. The van der Waals surface area contributed by atoms with Crippen LogP contribution in [0.25, 0.3) is 0 Å². The van der Waals surface area contributed by atoms with Crippen molar-refractivity contribution in [1.29, 1.82) is 0 Å². The first-order valence-corrected chi connectivity index (χ1v) is 4.90. The number of nitrogens with zero attached hydrogens (tertiary/aromatic N) is 2. The SMILES string of the molecule is CC(C)c1ncc(O)c(CCCN)n1. The third kappa shape index (κ3) is 2.67. The predicted octanol–water partition coefficient (Wildman–Crippen LogP) is 1.20. The number of rotatable bonds is 4. The first kappa shape index (κ1) is 10.9. The molecule has 1 heterocycles. The lowest BCUT2D eigenvalue weighted by molar-refractivity contribution is 0.457. The molecule has 0 unspecified atom stereocenters. The third-order valence-electron chi connectivity index (χ3n) is 2.00. The van der Waals surface area contributed by atoms with E-state index < -0.39 is 0 Å². The largest absolute Gasteiger partial charge is 0.504 e. The average Bonchev–Trinajstić information content (AvgIpc) is 2.16. The monoisotopic (exact) mass is 195 g/mol. The molecule has 0 aromatic carbocycles. The molecule has 3 N–H and O–H groups in total. The fraction of sp³-hybridized carbons (Fsp3) is 0.600. The van der Waals surface area contributed by atoms with E-state index in [9.17, 15) is 5.11 Å². The molecule has 0 spiro atoms. The Morgan fingerprint density at radius 2 is 2.21 bits per heavy atom. The van der Waals surface area contributed by atoms with Crippen LogP contribution < -0.4 is 5.73 Å². The van der Waals surface area contributed by atoms with Crippen molar-refractivity contribution in [2.45, 2.75) is 32.6 Å². The van der Waals surface area contributed by atoms with E-state index in [0.717, 1.165) is 12.2 Å². The van der Waals surface area contributed by atoms with Gasteiger partial charge in [-0.15, -0.1) is 0 Å². The smallest absolute Gasteiger partial charge is 0.155 e. The fourth-order valence-electron chi connectivity index (χ4n) is 1.16. The second kappa shape index (κ2) is 4.91. The van der Waals surface area contributed by atoms with E-state index in [4.69, 9.17) is 5.73 Å². The van der Waals surface area contributed by atoms with E-state index in [1.54, 1.807) is 0 Å². The summed E-state index contributed by atoms with van der Waals surface area (Å²) in [5, 5.41) is 9.48. The number of hydrogen-bond acceptors (Lipinski definition) is 4. The second-order valence-corrected chi connectivity index (χ2v) is 3.61. The Hall–Kier alpha value is -1.16. The average molecular weight is 195 g/mol. The molecule has 78 valence electrons. The molecule has 0 aliphatic rings. The first-order chi connectivity index (χ1) is 6.65. The molecule has 0 aliphatic carbocycles. The number of hydrogen-bond donors (Lipinski definition) is 2. The van der Waals surface area contributed by atoms with Gasteiger partial charge in [-0.1, -0.05) is 13.8 Å². The Balaban J connectivity index is 2.85. The second-order valence-electron chi connectivity index (χ2n) is 3.61. The summed E-state index contributed by atoms with van der Waals surface area (Å²) in [6, 6.07) is 0. The molecule has 1 rings (SSSR count). The van der Waals surface area contributed by atoms with Crippen LogP contribution in [0.1, 0.15) is 37.7 Å². The summed E-state index contributed by atoms with van der Waals surface area (Å²) in [6.45, 7) is 4.67. The number of nitrogens with two attached hydrogens (primary N) is 1. The van der Waals surface area contributed by atoms with Gasteiger partial charge in [0.1, 0.15) is 5.82 Å². The molecule has 0 bridgehead atoms. The van der Waals surface area contributed by atoms with Crippen LogP contribution in [0.4, 0.5) is 0 Å². The molecular weight excluding hydrogens is 178 g/mol. The minimum absolute atomic E-state index is 0.169. The van der Waals surface area contributed by atoms with Gasteiger partial charge in [-0.25, -0.2) is 9.97 Å². The van der Waals surface area contributed by atoms with E-state index in [2.05, 4.69) is 9.97 Å². The van der Waals surface area contributed by atoms with Gasteiger partial charge in [0, 0.05) is 5.92 Å². The van der Waals surface area contributed by atoms with Gasteiger partial charge in [-0.2, -0.15) is 0 Å². The van der Waals surface area contributed by atoms with Crippen molar-refractivity contribution < 1.29 is 5.11 Å². The van der Waals surface area contributed by atoms with Crippen molar-refractivity contribution in [2.75, 3.05) is 6.54 Å². The summed E-state index contributed by atoms with van der Waals surface area (Å²) in [6.07, 6.45) is 3.01. The van der Waals surface area contributed by atoms with Crippen LogP contribution in [-0.4, -0.2) is 21.6 Å². The summed E-state index contributed by atoms with van der Waals surface area (Å²) in [5.41, 5.74) is 6.10. The molecule has 14 heavy (non-hydrogen) atoms. The van der Waals surface area contributed by atoms with Crippen LogP contribution in [0.2, 0.25) is 0 Å². The van der Waals surface area contributed by atoms with Crippen molar-refractivity contribution >= 4 is 0 Å². The topological polar surface area (TPSA) is 72.0 Å². The maximum Gasteiger partial charge on any atom is 0.155 e. The molecule has 0 aliphatic heterocycles. The Morgan fingerprint density at radius 3 is 2.79 bits per heavy atom. The van der Waals surface area contributed by atoms with Crippen molar-refractivity contribution in [3.8, 4) is 5.75 Å². The summed E-state index contributed by atoms with van der Waals surface area (Å²) in [7, 11) is 0. The molecule has 0 saturated carbocycles. The summed E-state index contributed by atoms with van der Waals surface area (Å²) in [5.74, 6) is 1.23. The van der Waals surface area contributed by atoms with Crippen molar-refractivity contribution in [3.63, 3.8) is 0 Å². The van der Waals surface area contributed by atoms with Crippen molar-refractivity contribution in [3.05, 3.63) is 17.7 Å². The van der Waals surface area contributed by atoms with Gasteiger partial charge in [0.05, 0.1) is 11.9 Å². The fourth-order valence-corrected chi connectivity index (χ4v) is 1.16. The molecule has 0 radical (unpaired) electrons. The highest BCUT2D eigenvalue weighted by Crippen LogP contribution is 2.17. The Morgan fingerprint density at radius 1 is 1.50 bits per heavy atom. The summed E-state index contributed by atoms with van der Waals surface area (Å²) in [4.78, 5) is 8.35. The van der Waals surface area contributed by atoms with E-state index in [1.165, 1.54) is 6.20 Å². The quantitative estimate of drug-likeness (QED) is 0.757. The molecule has 1 aromatic heterocycles. The summed E-state index contributed by atoms with van der Waals surface area (Å²) < 4.78 is 0. The zero-order chi connectivity index (χ0) is 10.6. The molecule has 1 aromatic rings. The maximum atomic E-state index is 9.48. The van der Waals surface area contributed by atoms with E-state index in [1.807, 2.05) is 13.8 Å². The molecular formula is C10H17N3O. The zero-order valence-corrected chi connectivity index (χ0v) is 8.70. The van der Waals surface area contributed by atoms with Gasteiger partial charge in [0.25, 0.3) is 0 Å². The normalized spacial score (nSPS) is 10.9. The lowest BCUT2D eigenvalue weighted by atomic mass is 10.2. The van der Waals surface area contributed by atoms with Crippen LogP contribution in [0, 0.1) is 0 Å². The summed E-state index contributed by atoms with van der Waals surface area (Å²) >= 11 is 0. The standard InChI is InChI=1S/C10H17N3O/c1-7(2)10-12-6-9(14)8(13-10)4-3-5-11/h6-7,14H,3-5,11H2,1-2H3. The van der Waals surface area contributed by atoms with Crippen LogP contribution in [-0.2, 0) is 6.42 Å². The highest BCUT2D eigenvalue weighted by Gasteiger charge is 2.07. The van der Waals surface area contributed by atoms with Crippen LogP contribution in [0.5, 0.6) is 5.75 Å². The van der Waals surface area contributed by atoms with Crippen LogP contribution in [0.3, 0.4) is 0 Å². The molecule has 0 saturated heterocycles. The zero-order valence-electron chi connectivity index (χ0n) is 8.70. The van der Waals surface area contributed by atoms with Gasteiger partial charge < -0.3 is 10.8 Å². The van der Waals surface area contributed by atoms with Gasteiger partial charge in [0.15, 0.2) is 5.75 Å². The third-order valence-corrected chi connectivity index (χ3v) is 2.00. The lowest BCUT2D eigenvalue weighted by Gasteiger charge is -2.07. The molecule has 0 atom stereocenters. The minimum atomic E-state index is 0.169. The van der Waals surface area contributed by atoms with Crippen molar-refractivity contribution in [2.24, 2.45) is 5.73 Å². The highest BCUT2D eigenvalue weighted by molar-refractivity contribution is 5.23. The van der Waals surface area contributed by atoms with E-state index >= 15 is 0 Å². The lowest BCUT2D eigenvalue weighted by Crippen LogP contribution is -2.05. The van der Waals surface area contributed by atoms with Crippen LogP contribution >= 0.6 is 0 Å². The van der Waals surface area contributed by atoms with E-state index in [0.29, 0.717) is 18.7 Å². The number of aromatic hydroxyl groups is 1. The molecule has 4 heteroatoms. The number of aryl methyl sites for hydroxylation is 1. The van der Waals surface area contributed by atoms with Crippen LogP contribution in [0.15, 0.2) is 6.20 Å².